The minimum atomic E-state index is 0.306. The third-order valence-electron chi connectivity index (χ3n) is 3.77. The van der Waals surface area contributed by atoms with Crippen molar-refractivity contribution in [2.45, 2.75) is 46.1 Å². The Balaban J connectivity index is 1.86. The van der Waals surface area contributed by atoms with E-state index in [1.807, 2.05) is 0 Å². The molecular weight excluding hydrogens is 240 g/mol. The van der Waals surface area contributed by atoms with Crippen molar-refractivity contribution >= 4 is 0 Å². The zero-order valence-corrected chi connectivity index (χ0v) is 12.4. The van der Waals surface area contributed by atoms with Gasteiger partial charge in [-0.15, -0.1) is 0 Å². The third-order valence-corrected chi connectivity index (χ3v) is 3.77. The molecule has 19 heavy (non-hydrogen) atoms. The molecule has 5 heteroatoms. The molecule has 108 valence electrons. The van der Waals surface area contributed by atoms with E-state index in [1.165, 1.54) is 12.8 Å². The number of aromatic nitrogens is 2. The van der Waals surface area contributed by atoms with Gasteiger partial charge in [0, 0.05) is 12.5 Å². The van der Waals surface area contributed by atoms with Crippen molar-refractivity contribution in [1.82, 2.24) is 20.4 Å². The Morgan fingerprint density at radius 1 is 1.37 bits per heavy atom. The smallest absolute Gasteiger partial charge is 0.229 e. The molecule has 0 atom stereocenters. The van der Waals surface area contributed by atoms with E-state index < -0.39 is 0 Å². The maximum Gasteiger partial charge on any atom is 0.229 e. The Hall–Kier alpha value is -0.940. The average molecular weight is 266 g/mol. The Morgan fingerprint density at radius 2 is 2.11 bits per heavy atom. The molecule has 1 aromatic rings. The Labute approximate surface area is 115 Å². The molecule has 0 spiro atoms. The zero-order chi connectivity index (χ0) is 13.7. The average Bonchev–Trinajstić information content (AvgIpc) is 2.88. The molecule has 1 saturated heterocycles. The summed E-state index contributed by atoms with van der Waals surface area (Å²) in [6, 6.07) is 0. The topological polar surface area (TPSA) is 54.2 Å². The van der Waals surface area contributed by atoms with Gasteiger partial charge in [-0.25, -0.2) is 0 Å². The fourth-order valence-corrected chi connectivity index (χ4v) is 2.50. The van der Waals surface area contributed by atoms with Crippen LogP contribution in [0.5, 0.6) is 0 Å². The molecule has 1 aliphatic heterocycles. The fourth-order valence-electron chi connectivity index (χ4n) is 2.50. The molecule has 5 nitrogen and oxygen atoms in total. The van der Waals surface area contributed by atoms with Crippen molar-refractivity contribution in [3.8, 4) is 0 Å². The van der Waals surface area contributed by atoms with E-state index in [1.54, 1.807) is 0 Å². The lowest BCUT2D eigenvalue weighted by Gasteiger charge is -2.28. The van der Waals surface area contributed by atoms with Crippen LogP contribution in [-0.4, -0.2) is 41.2 Å². The van der Waals surface area contributed by atoms with Gasteiger partial charge in [0.25, 0.3) is 0 Å². The summed E-state index contributed by atoms with van der Waals surface area (Å²) >= 11 is 0. The highest BCUT2D eigenvalue weighted by Gasteiger charge is 2.18. The van der Waals surface area contributed by atoms with Gasteiger partial charge in [-0.2, -0.15) is 4.98 Å². The summed E-state index contributed by atoms with van der Waals surface area (Å²) in [4.78, 5) is 6.88. The Bertz CT molecular complexity index is 371. The number of hydrogen-bond acceptors (Lipinski definition) is 5. The second-order valence-electron chi connectivity index (χ2n) is 5.72. The summed E-state index contributed by atoms with van der Waals surface area (Å²) in [7, 11) is 0. The van der Waals surface area contributed by atoms with Crippen LogP contribution in [0.3, 0.4) is 0 Å². The largest absolute Gasteiger partial charge is 0.339 e. The van der Waals surface area contributed by atoms with Crippen molar-refractivity contribution < 1.29 is 4.52 Å². The van der Waals surface area contributed by atoms with Crippen LogP contribution in [0.15, 0.2) is 4.52 Å². The van der Waals surface area contributed by atoms with E-state index in [0.29, 0.717) is 5.92 Å². The predicted molar refractivity (Wildman–Crippen MR) is 74.9 cm³/mol. The van der Waals surface area contributed by atoms with Gasteiger partial charge in [0.1, 0.15) is 0 Å². The maximum atomic E-state index is 5.26. The van der Waals surface area contributed by atoms with E-state index in [0.717, 1.165) is 50.4 Å². The first-order valence-electron chi connectivity index (χ1n) is 7.44. The number of rotatable bonds is 6. The molecule has 0 bridgehead atoms. The molecule has 2 heterocycles. The lowest BCUT2D eigenvalue weighted by atomic mass is 9.97. The number of hydrogen-bond donors (Lipinski definition) is 1. The molecule has 1 fully saturated rings. The molecule has 0 aliphatic carbocycles. The quantitative estimate of drug-likeness (QED) is 0.853. The molecule has 1 aromatic heterocycles. The van der Waals surface area contributed by atoms with Crippen molar-refractivity contribution in [2.24, 2.45) is 5.92 Å². The molecule has 0 radical (unpaired) electrons. The first-order valence-corrected chi connectivity index (χ1v) is 7.44. The molecule has 1 N–H and O–H groups in total. The second-order valence-corrected chi connectivity index (χ2v) is 5.72. The highest BCUT2D eigenvalue weighted by molar-refractivity contribution is 4.91. The summed E-state index contributed by atoms with van der Waals surface area (Å²) in [6.45, 7) is 11.6. The van der Waals surface area contributed by atoms with Crippen LogP contribution in [0.1, 0.15) is 51.2 Å². The molecule has 1 aliphatic rings. The Kier molecular flexibility index (Phi) is 5.34. The van der Waals surface area contributed by atoms with E-state index in [-0.39, 0.29) is 0 Å². The number of piperidine rings is 1. The fraction of sp³-hybridized carbons (Fsp3) is 0.857. The van der Waals surface area contributed by atoms with E-state index >= 15 is 0 Å². The van der Waals surface area contributed by atoms with Gasteiger partial charge in [-0.05, 0) is 38.4 Å². The van der Waals surface area contributed by atoms with Gasteiger partial charge in [0.05, 0.1) is 6.54 Å². The van der Waals surface area contributed by atoms with Crippen LogP contribution in [0.25, 0.3) is 0 Å². The van der Waals surface area contributed by atoms with Gasteiger partial charge < -0.3 is 9.84 Å². The first-order chi connectivity index (χ1) is 9.19. The van der Waals surface area contributed by atoms with Gasteiger partial charge in [-0.3, -0.25) is 4.90 Å². The summed E-state index contributed by atoms with van der Waals surface area (Å²) in [5, 5.41) is 7.49. The first kappa shape index (κ1) is 14.5. The van der Waals surface area contributed by atoms with E-state index in [9.17, 15) is 0 Å². The van der Waals surface area contributed by atoms with E-state index in [2.05, 4.69) is 41.1 Å². The maximum absolute atomic E-state index is 5.26. The third kappa shape index (κ3) is 4.28. The predicted octanol–water partition coefficient (Wildman–Crippen LogP) is 2.01. The lowest BCUT2D eigenvalue weighted by molar-refractivity contribution is 0.201. The zero-order valence-electron chi connectivity index (χ0n) is 12.4. The monoisotopic (exact) mass is 266 g/mol. The standard InChI is InChI=1S/C14H26N4O/c1-4-18(9-12-5-7-15-8-6-12)10-13-16-14(11(2)3)19-17-13/h11-12,15H,4-10H2,1-3H3. The molecular formula is C14H26N4O. The SMILES string of the molecule is CCN(Cc1noc(C(C)C)n1)CC1CCNCC1. The Morgan fingerprint density at radius 3 is 2.68 bits per heavy atom. The van der Waals surface area contributed by atoms with Gasteiger partial charge in [0.2, 0.25) is 5.89 Å². The minimum absolute atomic E-state index is 0.306. The van der Waals surface area contributed by atoms with E-state index in [4.69, 9.17) is 4.52 Å². The van der Waals surface area contributed by atoms with Crippen LogP contribution < -0.4 is 5.32 Å². The van der Waals surface area contributed by atoms with Crippen molar-refractivity contribution in [2.75, 3.05) is 26.2 Å². The molecule has 0 unspecified atom stereocenters. The molecule has 0 amide bonds. The van der Waals surface area contributed by atoms with Crippen LogP contribution >= 0.6 is 0 Å². The minimum Gasteiger partial charge on any atom is -0.339 e. The molecule has 0 aromatic carbocycles. The number of nitrogens with one attached hydrogen (secondary N) is 1. The van der Waals surface area contributed by atoms with Crippen LogP contribution in [0.2, 0.25) is 0 Å². The van der Waals surface area contributed by atoms with Crippen LogP contribution in [-0.2, 0) is 6.54 Å². The lowest BCUT2D eigenvalue weighted by Crippen LogP contribution is -2.36. The second kappa shape index (κ2) is 7.01. The summed E-state index contributed by atoms with van der Waals surface area (Å²) in [5.41, 5.74) is 0. The van der Waals surface area contributed by atoms with Gasteiger partial charge >= 0.3 is 0 Å². The summed E-state index contributed by atoms with van der Waals surface area (Å²) in [6.07, 6.45) is 2.56. The van der Waals surface area contributed by atoms with Crippen molar-refractivity contribution in [3.63, 3.8) is 0 Å². The summed E-state index contributed by atoms with van der Waals surface area (Å²) < 4.78 is 5.26. The molecule has 2 rings (SSSR count). The normalized spacial score (nSPS) is 17.5. The van der Waals surface area contributed by atoms with Gasteiger partial charge in [-0.1, -0.05) is 25.9 Å². The highest BCUT2D eigenvalue weighted by atomic mass is 16.5. The van der Waals surface area contributed by atoms with Crippen molar-refractivity contribution in [1.29, 1.82) is 0 Å². The van der Waals surface area contributed by atoms with Crippen molar-refractivity contribution in [3.05, 3.63) is 11.7 Å². The number of nitrogens with zero attached hydrogens (tertiary/aromatic N) is 3. The van der Waals surface area contributed by atoms with Crippen LogP contribution in [0, 0.1) is 5.92 Å². The summed E-state index contributed by atoms with van der Waals surface area (Å²) in [5.74, 6) is 2.67. The van der Waals surface area contributed by atoms with Gasteiger partial charge in [0.15, 0.2) is 5.82 Å². The van der Waals surface area contributed by atoms with Crippen LogP contribution in [0.4, 0.5) is 0 Å². The highest BCUT2D eigenvalue weighted by Crippen LogP contribution is 2.16. The molecule has 0 saturated carbocycles.